The first-order valence-electron chi connectivity index (χ1n) is 23.0. The second-order valence-electron chi connectivity index (χ2n) is 19.6. The van der Waals surface area contributed by atoms with Gasteiger partial charge in [0, 0.05) is 53.5 Å². The summed E-state index contributed by atoms with van der Waals surface area (Å²) in [7, 11) is 0. The molecule has 7 heterocycles. The summed E-state index contributed by atoms with van der Waals surface area (Å²) in [5.41, 5.74) is 6.63. The van der Waals surface area contributed by atoms with Gasteiger partial charge >= 0.3 is 18.0 Å². The third-order valence-corrected chi connectivity index (χ3v) is 15.3. The molecule has 4 aliphatic rings. The highest BCUT2D eigenvalue weighted by molar-refractivity contribution is 6.32. The predicted octanol–water partition coefficient (Wildman–Crippen LogP) is 8.83. The predicted molar refractivity (Wildman–Crippen MR) is 248 cm³/mol. The third kappa shape index (κ3) is 7.25. The number of aromatic nitrogens is 7. The lowest BCUT2D eigenvalue weighted by Gasteiger charge is -2.36. The first-order valence-corrected chi connectivity index (χ1v) is 23.4. The summed E-state index contributed by atoms with van der Waals surface area (Å²) in [6, 6.07) is 13.9. The maximum atomic E-state index is 16.3. The van der Waals surface area contributed by atoms with Crippen LogP contribution < -0.4 is 16.5 Å². The summed E-state index contributed by atoms with van der Waals surface area (Å²) in [5, 5.41) is 13.0. The Morgan fingerprint density at radius 2 is 1.71 bits per heavy atom. The van der Waals surface area contributed by atoms with Crippen LogP contribution in [0.2, 0.25) is 5.02 Å². The largest absolute Gasteiger partial charge is 0.427 e. The van der Waals surface area contributed by atoms with Crippen LogP contribution in [0.15, 0.2) is 71.9 Å². The van der Waals surface area contributed by atoms with Gasteiger partial charge in [-0.05, 0) is 125 Å². The van der Waals surface area contributed by atoms with Gasteiger partial charge in [-0.1, -0.05) is 24.6 Å². The zero-order chi connectivity index (χ0) is 48.6. The van der Waals surface area contributed by atoms with Gasteiger partial charge in [0.25, 0.3) is 5.91 Å². The van der Waals surface area contributed by atoms with Gasteiger partial charge in [-0.3, -0.25) is 23.9 Å². The quantitative estimate of drug-likeness (QED) is 0.144. The molecular weight excluding hydrogens is 920 g/mol. The highest BCUT2D eigenvalue weighted by Crippen LogP contribution is 2.55. The monoisotopic (exact) mass is 968 g/mol. The number of carbonyl (C=O) groups excluding carboxylic acids is 2. The van der Waals surface area contributed by atoms with Gasteiger partial charge in [0.1, 0.15) is 24.2 Å². The van der Waals surface area contributed by atoms with Crippen molar-refractivity contribution < 1.29 is 36.7 Å². The number of nitrogens with one attached hydrogen (secondary N) is 2. The van der Waals surface area contributed by atoms with Crippen LogP contribution in [-0.2, 0) is 28.1 Å². The summed E-state index contributed by atoms with van der Waals surface area (Å²) in [6.45, 7) is 11.4. The lowest BCUT2D eigenvalue weighted by Crippen LogP contribution is -2.49. The summed E-state index contributed by atoms with van der Waals surface area (Å²) in [4.78, 5) is 49.8. The van der Waals surface area contributed by atoms with E-state index >= 15 is 9.18 Å². The molecule has 2 amide bonds. The second kappa shape index (κ2) is 15.8. The molecule has 0 bridgehead atoms. The maximum Gasteiger partial charge on any atom is 0.427 e. The van der Waals surface area contributed by atoms with Crippen molar-refractivity contribution in [1.29, 1.82) is 0 Å². The molecule has 7 aromatic rings. The fourth-order valence-electron chi connectivity index (χ4n) is 11.2. The van der Waals surface area contributed by atoms with Gasteiger partial charge in [0.2, 0.25) is 0 Å². The van der Waals surface area contributed by atoms with Crippen LogP contribution in [-0.4, -0.2) is 81.3 Å². The maximum absolute atomic E-state index is 16.3. The first-order chi connectivity index (χ1) is 32.7. The molecular formula is C49H49ClF4N10O5. The SMILES string of the molecule is Cc1cc(-n2nc3c(c2-n2ccn(-c4ccc5c(cnn5CC(F)(F)F)c4F)c2=O)[C@H](C)N(C(=O)c2cc4cc(C5CCOC(C)(C)C5)ccc4n2[C@@]2(C4NOC(=O)N4)C[C@@H]2C)CC3)cc(C)c1Cl. The fourth-order valence-corrected chi connectivity index (χ4v) is 11.4. The molecule has 1 saturated carbocycles. The molecule has 0 spiro atoms. The molecule has 3 aromatic carbocycles. The molecule has 3 fully saturated rings. The number of nitrogens with zero attached hydrogens (tertiary/aromatic N) is 8. The number of rotatable bonds is 8. The van der Waals surface area contributed by atoms with Crippen LogP contribution in [0, 0.1) is 25.6 Å². The summed E-state index contributed by atoms with van der Waals surface area (Å²) in [5.74, 6) is -0.598. The molecule has 2 N–H and O–H groups in total. The van der Waals surface area contributed by atoms with E-state index in [2.05, 4.69) is 59.4 Å². The molecule has 5 atom stereocenters. The van der Waals surface area contributed by atoms with E-state index in [1.165, 1.54) is 29.1 Å². The molecule has 20 heteroatoms. The van der Waals surface area contributed by atoms with Crippen LogP contribution in [0.4, 0.5) is 22.4 Å². The van der Waals surface area contributed by atoms with Crippen molar-refractivity contribution in [2.75, 3.05) is 13.2 Å². The molecule has 3 aliphatic heterocycles. The van der Waals surface area contributed by atoms with E-state index in [0.29, 0.717) is 57.6 Å². The minimum absolute atomic E-state index is 0.0363. The van der Waals surface area contributed by atoms with Gasteiger partial charge in [0.05, 0.1) is 51.4 Å². The molecule has 69 heavy (non-hydrogen) atoms. The lowest BCUT2D eigenvalue weighted by molar-refractivity contribution is -0.141. The number of benzene rings is 3. The highest BCUT2D eigenvalue weighted by Gasteiger charge is 2.62. The Morgan fingerprint density at radius 3 is 2.39 bits per heavy atom. The molecule has 2 unspecified atom stereocenters. The number of alkyl halides is 3. The Bertz CT molecular complexity index is 3330. The molecule has 360 valence electrons. The number of halogens is 5. The Kier molecular flexibility index (Phi) is 10.3. The van der Waals surface area contributed by atoms with Gasteiger partial charge in [-0.25, -0.2) is 18.7 Å². The van der Waals surface area contributed by atoms with Gasteiger partial charge in [-0.2, -0.15) is 23.4 Å². The van der Waals surface area contributed by atoms with E-state index in [-0.39, 0.29) is 46.5 Å². The lowest BCUT2D eigenvalue weighted by atomic mass is 9.83. The van der Waals surface area contributed by atoms with E-state index in [4.69, 9.17) is 26.3 Å². The number of imidazole rings is 1. The summed E-state index contributed by atoms with van der Waals surface area (Å²) >= 11 is 6.64. The average molecular weight is 969 g/mol. The van der Waals surface area contributed by atoms with E-state index in [1.807, 2.05) is 39.0 Å². The third-order valence-electron chi connectivity index (χ3n) is 14.7. The zero-order valence-corrected chi connectivity index (χ0v) is 39.4. The van der Waals surface area contributed by atoms with Crippen molar-refractivity contribution in [3.8, 4) is 17.2 Å². The minimum Gasteiger partial charge on any atom is -0.376 e. The van der Waals surface area contributed by atoms with Crippen molar-refractivity contribution >= 4 is 45.4 Å². The van der Waals surface area contributed by atoms with Crippen LogP contribution in [0.25, 0.3) is 39.0 Å². The summed E-state index contributed by atoms with van der Waals surface area (Å²) < 4.78 is 69.1. The van der Waals surface area contributed by atoms with Crippen LogP contribution in [0.5, 0.6) is 0 Å². The Balaban J connectivity index is 1.03. The topological polar surface area (TPSA) is 147 Å². The minimum atomic E-state index is -4.59. The fraction of sp³-hybridized carbons (Fsp3) is 0.408. The number of aryl methyl sites for hydroxylation is 2. The first kappa shape index (κ1) is 45.0. The number of amides is 2. The molecule has 0 radical (unpaired) electrons. The smallest absolute Gasteiger partial charge is 0.376 e. The van der Waals surface area contributed by atoms with Gasteiger partial charge in [-0.15, -0.1) is 5.48 Å². The molecule has 15 nitrogen and oxygen atoms in total. The molecule has 2 saturated heterocycles. The van der Waals surface area contributed by atoms with E-state index < -0.39 is 48.1 Å². The van der Waals surface area contributed by atoms with E-state index in [0.717, 1.165) is 51.2 Å². The number of carbonyl (C=O) groups is 2. The van der Waals surface area contributed by atoms with Gasteiger partial charge in [0.15, 0.2) is 5.82 Å². The second-order valence-corrected chi connectivity index (χ2v) is 20.0. The van der Waals surface area contributed by atoms with Crippen LogP contribution in [0.1, 0.15) is 97.4 Å². The number of fused-ring (bicyclic) bond motifs is 3. The van der Waals surface area contributed by atoms with Crippen LogP contribution >= 0.6 is 11.6 Å². The van der Waals surface area contributed by atoms with E-state index in [9.17, 15) is 22.8 Å². The van der Waals surface area contributed by atoms with Crippen molar-refractivity contribution in [2.24, 2.45) is 5.92 Å². The van der Waals surface area contributed by atoms with Crippen molar-refractivity contribution in [3.05, 3.63) is 122 Å². The summed E-state index contributed by atoms with van der Waals surface area (Å²) in [6.07, 6.45) is 0.722. The Labute approximate surface area is 397 Å². The van der Waals surface area contributed by atoms with E-state index in [1.54, 1.807) is 9.58 Å². The standard InChI is InChI=1S/C49H49ClF4N10O5/c1-25-17-32(18-26(2)40(25)50)64-42(61-15-14-60(46(61)67)37-10-9-36-33(41(37)51)23-55-62(36)24-49(52,53)54)39-28(4)59(13-11-34(39)57-64)43(65)38-20-31-19-29(30-12-16-68-47(5,6)22-30)7-8-35(31)63(38)48(21-27(48)3)44-56-45(66)69-58-44/h7-10,14-15,17-20,23,27-28,30,44,58H,11-13,16,21-22,24H2,1-6H3,(H,56,66)/t27-,28-,30?,44?,48-/m0/s1. The number of hydrogen-bond donors (Lipinski definition) is 2. The molecule has 4 aromatic heterocycles. The van der Waals surface area contributed by atoms with Crippen molar-refractivity contribution in [1.82, 2.24) is 49.0 Å². The van der Waals surface area contributed by atoms with Crippen LogP contribution in [0.3, 0.4) is 0 Å². The number of hydrogen-bond acceptors (Lipinski definition) is 8. The highest BCUT2D eigenvalue weighted by atomic mass is 35.5. The number of ether oxygens (including phenoxy) is 1. The zero-order valence-electron chi connectivity index (χ0n) is 38.6. The Morgan fingerprint density at radius 1 is 0.986 bits per heavy atom. The van der Waals surface area contributed by atoms with Crippen molar-refractivity contribution in [3.63, 3.8) is 0 Å². The number of hydroxylamine groups is 1. The normalized spacial score (nSPS) is 23.4. The van der Waals surface area contributed by atoms with Crippen molar-refractivity contribution in [2.45, 2.75) is 109 Å². The Hall–Kier alpha value is -6.44. The van der Waals surface area contributed by atoms with Gasteiger partial charge < -0.3 is 19.0 Å². The molecule has 11 rings (SSSR count). The average Bonchev–Trinajstić information content (AvgIpc) is 3.93. The molecule has 1 aliphatic carbocycles.